The highest BCUT2D eigenvalue weighted by atomic mass is 16.5. The molecule has 24 heavy (non-hydrogen) atoms. The van der Waals surface area contributed by atoms with E-state index in [1.54, 1.807) is 7.11 Å². The summed E-state index contributed by atoms with van der Waals surface area (Å²) in [4.78, 5) is 0. The number of aryl methyl sites for hydroxylation is 2. The van der Waals surface area contributed by atoms with Crippen LogP contribution >= 0.6 is 0 Å². The van der Waals surface area contributed by atoms with Crippen LogP contribution < -0.4 is 4.74 Å². The molecule has 0 fully saturated rings. The molecule has 0 aliphatic heterocycles. The highest BCUT2D eigenvalue weighted by Gasteiger charge is 2.15. The first-order valence-corrected chi connectivity index (χ1v) is 9.00. The summed E-state index contributed by atoms with van der Waals surface area (Å²) in [5.74, 6) is 0.967. The molecule has 0 bridgehead atoms. The summed E-state index contributed by atoms with van der Waals surface area (Å²) in [7, 11) is 1.74. The lowest BCUT2D eigenvalue weighted by Crippen LogP contribution is -2.03. The Morgan fingerprint density at radius 3 is 2.17 bits per heavy atom. The van der Waals surface area contributed by atoms with Gasteiger partial charge in [0.25, 0.3) is 0 Å². The second-order valence-corrected chi connectivity index (χ2v) is 6.77. The number of ether oxygens (including phenoxy) is 1. The van der Waals surface area contributed by atoms with Crippen LogP contribution in [-0.2, 0) is 12.8 Å². The van der Waals surface area contributed by atoms with Crippen LogP contribution in [0.1, 0.15) is 47.9 Å². The maximum absolute atomic E-state index is 5.38. The van der Waals surface area contributed by atoms with Crippen LogP contribution in [-0.4, -0.2) is 7.11 Å². The van der Waals surface area contributed by atoms with E-state index in [9.17, 15) is 0 Å². The summed E-state index contributed by atoms with van der Waals surface area (Å²) in [5, 5.41) is 0. The summed E-state index contributed by atoms with van der Waals surface area (Å²) >= 11 is 0. The topological polar surface area (TPSA) is 9.23 Å². The molecule has 122 valence electrons. The molecule has 0 heterocycles. The Balaban J connectivity index is 1.69. The van der Waals surface area contributed by atoms with Gasteiger partial charge in [-0.2, -0.15) is 0 Å². The third-order valence-electron chi connectivity index (χ3n) is 5.29. The standard InChI is InChI=1S/C23H24O/c1-24-21-14-15-23-19(9-5-10-20(23)16-21)13-12-18-8-4-7-17-6-2-3-11-22(17)18/h2-3,6,11-16H,4-5,7-10H2,1H3/b18-12+,19-13+. The number of hydrogen-bond acceptors (Lipinski definition) is 1. The molecule has 0 N–H and O–H groups in total. The first kappa shape index (κ1) is 15.3. The lowest BCUT2D eigenvalue weighted by atomic mass is 9.85. The molecule has 0 unspecified atom stereocenters. The van der Waals surface area contributed by atoms with E-state index in [1.165, 1.54) is 65.5 Å². The van der Waals surface area contributed by atoms with Crippen LogP contribution in [0.25, 0.3) is 11.1 Å². The molecule has 2 aromatic rings. The summed E-state index contributed by atoms with van der Waals surface area (Å²) in [6, 6.07) is 15.4. The first-order chi connectivity index (χ1) is 11.8. The summed E-state index contributed by atoms with van der Waals surface area (Å²) in [6.07, 6.45) is 12.0. The second kappa shape index (κ2) is 6.68. The second-order valence-electron chi connectivity index (χ2n) is 6.77. The minimum atomic E-state index is 0.967. The Labute approximate surface area is 144 Å². The van der Waals surface area contributed by atoms with Crippen LogP contribution in [0.3, 0.4) is 0 Å². The summed E-state index contributed by atoms with van der Waals surface area (Å²) < 4.78 is 5.38. The van der Waals surface area contributed by atoms with Crippen molar-refractivity contribution in [1.82, 2.24) is 0 Å². The van der Waals surface area contributed by atoms with Gasteiger partial charge in [0.1, 0.15) is 5.75 Å². The van der Waals surface area contributed by atoms with Crippen LogP contribution in [0.15, 0.2) is 54.6 Å². The summed E-state index contributed by atoms with van der Waals surface area (Å²) in [5.41, 5.74) is 8.74. The Kier molecular flexibility index (Phi) is 4.25. The van der Waals surface area contributed by atoms with Gasteiger partial charge in [-0.3, -0.25) is 0 Å². The van der Waals surface area contributed by atoms with E-state index in [-0.39, 0.29) is 0 Å². The number of benzene rings is 2. The molecule has 1 nitrogen and oxygen atoms in total. The number of hydrogen-bond donors (Lipinski definition) is 0. The normalized spacial score (nSPS) is 19.9. The lowest BCUT2D eigenvalue weighted by Gasteiger charge is -2.21. The van der Waals surface area contributed by atoms with Crippen molar-refractivity contribution in [3.8, 4) is 5.75 Å². The van der Waals surface area contributed by atoms with Crippen LogP contribution in [0, 0.1) is 0 Å². The van der Waals surface area contributed by atoms with Crippen molar-refractivity contribution < 1.29 is 4.74 Å². The molecule has 2 aliphatic rings. The average molecular weight is 316 g/mol. The van der Waals surface area contributed by atoms with Gasteiger partial charge >= 0.3 is 0 Å². The predicted molar refractivity (Wildman–Crippen MR) is 101 cm³/mol. The molecule has 0 aromatic heterocycles. The molecule has 4 rings (SSSR count). The van der Waals surface area contributed by atoms with Crippen molar-refractivity contribution in [2.45, 2.75) is 38.5 Å². The maximum Gasteiger partial charge on any atom is 0.119 e. The molecule has 2 aromatic carbocycles. The van der Waals surface area contributed by atoms with E-state index in [4.69, 9.17) is 4.74 Å². The molecule has 0 spiro atoms. The van der Waals surface area contributed by atoms with E-state index in [0.717, 1.165) is 12.2 Å². The van der Waals surface area contributed by atoms with E-state index in [2.05, 4.69) is 54.6 Å². The Hall–Kier alpha value is -2.28. The Morgan fingerprint density at radius 1 is 0.750 bits per heavy atom. The van der Waals surface area contributed by atoms with Crippen molar-refractivity contribution in [1.29, 1.82) is 0 Å². The first-order valence-electron chi connectivity index (χ1n) is 9.00. The molecule has 0 saturated heterocycles. The highest BCUT2D eigenvalue weighted by molar-refractivity contribution is 5.77. The number of allylic oxidation sites excluding steroid dienone is 4. The predicted octanol–water partition coefficient (Wildman–Crippen LogP) is 5.83. The number of fused-ring (bicyclic) bond motifs is 2. The zero-order valence-corrected chi connectivity index (χ0v) is 14.3. The van der Waals surface area contributed by atoms with Crippen LogP contribution in [0.5, 0.6) is 5.75 Å². The largest absolute Gasteiger partial charge is 0.497 e. The van der Waals surface area contributed by atoms with Gasteiger partial charge in [0, 0.05) is 0 Å². The maximum atomic E-state index is 5.38. The Bertz CT molecular complexity index is 811. The molecule has 0 atom stereocenters. The molecule has 2 aliphatic carbocycles. The lowest BCUT2D eigenvalue weighted by molar-refractivity contribution is 0.414. The third kappa shape index (κ3) is 2.91. The smallest absolute Gasteiger partial charge is 0.119 e. The molecule has 1 heteroatoms. The van der Waals surface area contributed by atoms with Gasteiger partial charge in [0.05, 0.1) is 7.11 Å². The van der Waals surface area contributed by atoms with E-state index in [1.807, 2.05) is 0 Å². The minimum absolute atomic E-state index is 0.967. The quantitative estimate of drug-likeness (QED) is 0.677. The van der Waals surface area contributed by atoms with Crippen molar-refractivity contribution in [3.05, 3.63) is 76.9 Å². The van der Waals surface area contributed by atoms with Crippen LogP contribution in [0.4, 0.5) is 0 Å². The Morgan fingerprint density at radius 2 is 1.42 bits per heavy atom. The van der Waals surface area contributed by atoms with Crippen molar-refractivity contribution in [2.75, 3.05) is 7.11 Å². The van der Waals surface area contributed by atoms with E-state index < -0.39 is 0 Å². The van der Waals surface area contributed by atoms with Crippen LogP contribution in [0.2, 0.25) is 0 Å². The highest BCUT2D eigenvalue weighted by Crippen LogP contribution is 2.35. The van der Waals surface area contributed by atoms with Gasteiger partial charge in [-0.05, 0) is 84.1 Å². The number of methoxy groups -OCH3 is 1. The molecular formula is C23H24O. The zero-order valence-electron chi connectivity index (χ0n) is 14.3. The fourth-order valence-corrected chi connectivity index (χ4v) is 4.02. The third-order valence-corrected chi connectivity index (χ3v) is 5.29. The molecule has 0 radical (unpaired) electrons. The summed E-state index contributed by atoms with van der Waals surface area (Å²) in [6.45, 7) is 0. The van der Waals surface area contributed by atoms with E-state index >= 15 is 0 Å². The van der Waals surface area contributed by atoms with Crippen molar-refractivity contribution in [3.63, 3.8) is 0 Å². The minimum Gasteiger partial charge on any atom is -0.497 e. The van der Waals surface area contributed by atoms with Gasteiger partial charge in [-0.25, -0.2) is 0 Å². The monoisotopic (exact) mass is 316 g/mol. The average Bonchev–Trinajstić information content (AvgIpc) is 2.65. The SMILES string of the molecule is COc1ccc2c(c1)CCC/C2=C\C=C1/CCCc2ccccc21. The van der Waals surface area contributed by atoms with Gasteiger partial charge in [0.15, 0.2) is 0 Å². The molecule has 0 amide bonds. The van der Waals surface area contributed by atoms with E-state index in [0.29, 0.717) is 0 Å². The van der Waals surface area contributed by atoms with Gasteiger partial charge in [-0.15, -0.1) is 0 Å². The van der Waals surface area contributed by atoms with Gasteiger partial charge in [-0.1, -0.05) is 42.5 Å². The number of rotatable bonds is 2. The fraction of sp³-hybridized carbons (Fsp3) is 0.304. The zero-order chi connectivity index (χ0) is 16.4. The fourth-order valence-electron chi connectivity index (χ4n) is 4.02. The van der Waals surface area contributed by atoms with Crippen molar-refractivity contribution >= 4 is 11.1 Å². The molecule has 0 saturated carbocycles. The van der Waals surface area contributed by atoms with Gasteiger partial charge in [0.2, 0.25) is 0 Å². The molecular weight excluding hydrogens is 292 g/mol. The van der Waals surface area contributed by atoms with Crippen molar-refractivity contribution in [2.24, 2.45) is 0 Å². The van der Waals surface area contributed by atoms with Gasteiger partial charge < -0.3 is 4.74 Å².